The van der Waals surface area contributed by atoms with Gasteiger partial charge in [0.15, 0.2) is 0 Å². The number of rotatable bonds is 5. The molecular formula is C16H23NS. The van der Waals surface area contributed by atoms with E-state index in [1.165, 1.54) is 36.3 Å². The maximum atomic E-state index is 3.75. The molecule has 98 valence electrons. The lowest BCUT2D eigenvalue weighted by Crippen LogP contribution is -2.38. The molecule has 2 unspecified atom stereocenters. The van der Waals surface area contributed by atoms with Crippen molar-refractivity contribution in [2.45, 2.75) is 49.5 Å². The van der Waals surface area contributed by atoms with Crippen molar-refractivity contribution in [3.8, 4) is 0 Å². The highest BCUT2D eigenvalue weighted by Crippen LogP contribution is 2.43. The maximum absolute atomic E-state index is 3.75. The van der Waals surface area contributed by atoms with E-state index < -0.39 is 0 Å². The summed E-state index contributed by atoms with van der Waals surface area (Å²) in [6.45, 7) is 3.34. The minimum atomic E-state index is 0.691. The van der Waals surface area contributed by atoms with Crippen molar-refractivity contribution in [3.63, 3.8) is 0 Å². The summed E-state index contributed by atoms with van der Waals surface area (Å²) in [6, 6.07) is 9.68. The van der Waals surface area contributed by atoms with Crippen LogP contribution in [-0.2, 0) is 0 Å². The highest BCUT2D eigenvalue weighted by molar-refractivity contribution is 7.99. The van der Waals surface area contributed by atoms with Crippen LogP contribution in [0.1, 0.15) is 44.1 Å². The third-order valence-electron chi connectivity index (χ3n) is 4.50. The SMILES string of the molecule is CCNC(CC1CCC1)C1CSc2ccccc21. The van der Waals surface area contributed by atoms with Crippen LogP contribution in [0.2, 0.25) is 0 Å². The number of benzene rings is 1. The first-order valence-electron chi connectivity index (χ1n) is 7.33. The quantitative estimate of drug-likeness (QED) is 0.858. The van der Waals surface area contributed by atoms with Crippen LogP contribution < -0.4 is 5.32 Å². The van der Waals surface area contributed by atoms with Gasteiger partial charge in [0.05, 0.1) is 0 Å². The second-order valence-corrected chi connectivity index (χ2v) is 6.71. The van der Waals surface area contributed by atoms with Gasteiger partial charge >= 0.3 is 0 Å². The fraction of sp³-hybridized carbons (Fsp3) is 0.625. The maximum Gasteiger partial charge on any atom is 0.0147 e. The van der Waals surface area contributed by atoms with E-state index >= 15 is 0 Å². The second-order valence-electron chi connectivity index (χ2n) is 5.65. The molecule has 18 heavy (non-hydrogen) atoms. The van der Waals surface area contributed by atoms with Gasteiger partial charge in [0.2, 0.25) is 0 Å². The second kappa shape index (κ2) is 5.66. The summed E-state index contributed by atoms with van der Waals surface area (Å²) >= 11 is 2.04. The molecule has 2 atom stereocenters. The summed E-state index contributed by atoms with van der Waals surface area (Å²) in [5.74, 6) is 2.99. The van der Waals surface area contributed by atoms with Crippen LogP contribution in [-0.4, -0.2) is 18.3 Å². The zero-order valence-corrected chi connectivity index (χ0v) is 12.0. The zero-order chi connectivity index (χ0) is 12.4. The van der Waals surface area contributed by atoms with E-state index in [0.717, 1.165) is 18.4 Å². The van der Waals surface area contributed by atoms with Crippen LogP contribution in [0.15, 0.2) is 29.2 Å². The van der Waals surface area contributed by atoms with Crippen LogP contribution in [0.25, 0.3) is 0 Å². The Balaban J connectivity index is 1.74. The van der Waals surface area contributed by atoms with Crippen LogP contribution in [0.3, 0.4) is 0 Å². The molecule has 1 N–H and O–H groups in total. The minimum absolute atomic E-state index is 0.691. The lowest BCUT2D eigenvalue weighted by Gasteiger charge is -2.33. The predicted octanol–water partition coefficient (Wildman–Crippen LogP) is 4.04. The summed E-state index contributed by atoms with van der Waals surface area (Å²) in [4.78, 5) is 1.51. The van der Waals surface area contributed by atoms with E-state index in [4.69, 9.17) is 0 Å². The van der Waals surface area contributed by atoms with E-state index in [-0.39, 0.29) is 0 Å². The first-order chi connectivity index (χ1) is 8.88. The molecule has 1 nitrogen and oxygen atoms in total. The zero-order valence-electron chi connectivity index (χ0n) is 11.2. The third kappa shape index (κ3) is 2.46. The lowest BCUT2D eigenvalue weighted by atomic mass is 9.77. The summed E-state index contributed by atoms with van der Waals surface area (Å²) in [5, 5.41) is 3.75. The first-order valence-corrected chi connectivity index (χ1v) is 8.32. The van der Waals surface area contributed by atoms with E-state index in [0.29, 0.717) is 6.04 Å². The van der Waals surface area contributed by atoms with Crippen molar-refractivity contribution in [2.24, 2.45) is 5.92 Å². The molecule has 1 aliphatic carbocycles. The Morgan fingerprint density at radius 1 is 1.33 bits per heavy atom. The van der Waals surface area contributed by atoms with Gasteiger partial charge in [-0.15, -0.1) is 11.8 Å². The van der Waals surface area contributed by atoms with Gasteiger partial charge < -0.3 is 5.32 Å². The number of hydrogen-bond acceptors (Lipinski definition) is 2. The van der Waals surface area contributed by atoms with Gasteiger partial charge in [-0.1, -0.05) is 44.4 Å². The Labute approximate surface area is 115 Å². The van der Waals surface area contributed by atoms with Crippen molar-refractivity contribution in [1.29, 1.82) is 0 Å². The van der Waals surface area contributed by atoms with Crippen LogP contribution in [0.5, 0.6) is 0 Å². The predicted molar refractivity (Wildman–Crippen MR) is 79.3 cm³/mol. The Bertz CT molecular complexity index is 400. The van der Waals surface area contributed by atoms with Crippen molar-refractivity contribution in [2.75, 3.05) is 12.3 Å². The van der Waals surface area contributed by atoms with Crippen molar-refractivity contribution in [1.82, 2.24) is 5.32 Å². The molecular weight excluding hydrogens is 238 g/mol. The van der Waals surface area contributed by atoms with Crippen LogP contribution in [0.4, 0.5) is 0 Å². The highest BCUT2D eigenvalue weighted by Gasteiger charge is 2.32. The van der Waals surface area contributed by atoms with Crippen LogP contribution in [0, 0.1) is 5.92 Å². The Kier molecular flexibility index (Phi) is 3.95. The van der Waals surface area contributed by atoms with Crippen molar-refractivity contribution >= 4 is 11.8 Å². The molecule has 0 saturated heterocycles. The smallest absolute Gasteiger partial charge is 0.0147 e. The van der Waals surface area contributed by atoms with Gasteiger partial charge in [-0.2, -0.15) is 0 Å². The Hall–Kier alpha value is -0.470. The molecule has 1 aromatic rings. The molecule has 1 saturated carbocycles. The molecule has 1 aliphatic heterocycles. The largest absolute Gasteiger partial charge is 0.314 e. The summed E-state index contributed by atoms with van der Waals surface area (Å²) in [5.41, 5.74) is 1.59. The van der Waals surface area contributed by atoms with Gasteiger partial charge in [0.1, 0.15) is 0 Å². The van der Waals surface area contributed by atoms with Gasteiger partial charge in [-0.3, -0.25) is 0 Å². The molecule has 2 heteroatoms. The summed E-state index contributed by atoms with van der Waals surface area (Å²) in [7, 11) is 0. The number of hydrogen-bond donors (Lipinski definition) is 1. The van der Waals surface area contributed by atoms with Gasteiger partial charge in [-0.25, -0.2) is 0 Å². The average Bonchev–Trinajstić information content (AvgIpc) is 2.76. The fourth-order valence-corrected chi connectivity index (χ4v) is 4.59. The highest BCUT2D eigenvalue weighted by atomic mass is 32.2. The lowest BCUT2D eigenvalue weighted by molar-refractivity contribution is 0.249. The normalized spacial score (nSPS) is 24.6. The standard InChI is InChI=1S/C16H23NS/c1-2-17-15(10-12-6-5-7-12)14-11-18-16-9-4-3-8-13(14)16/h3-4,8-9,12,14-15,17H,2,5-7,10-11H2,1H3. The van der Waals surface area contributed by atoms with E-state index in [9.17, 15) is 0 Å². The molecule has 0 spiro atoms. The molecule has 1 aromatic carbocycles. The Morgan fingerprint density at radius 3 is 2.89 bits per heavy atom. The molecule has 2 aliphatic rings. The van der Waals surface area contributed by atoms with E-state index in [1.54, 1.807) is 5.56 Å². The van der Waals surface area contributed by atoms with Crippen molar-refractivity contribution in [3.05, 3.63) is 29.8 Å². The molecule has 1 heterocycles. The monoisotopic (exact) mass is 261 g/mol. The van der Waals surface area contributed by atoms with E-state index in [2.05, 4.69) is 36.5 Å². The molecule has 0 bridgehead atoms. The van der Waals surface area contributed by atoms with Crippen molar-refractivity contribution < 1.29 is 0 Å². The number of fused-ring (bicyclic) bond motifs is 1. The Morgan fingerprint density at radius 2 is 2.17 bits per heavy atom. The summed E-state index contributed by atoms with van der Waals surface area (Å²) < 4.78 is 0. The number of thioether (sulfide) groups is 1. The van der Waals surface area contributed by atoms with Gasteiger partial charge in [0, 0.05) is 22.6 Å². The van der Waals surface area contributed by atoms with Gasteiger partial charge in [-0.05, 0) is 30.5 Å². The van der Waals surface area contributed by atoms with E-state index in [1.807, 2.05) is 11.8 Å². The summed E-state index contributed by atoms with van der Waals surface area (Å²) in [6.07, 6.45) is 5.76. The third-order valence-corrected chi connectivity index (χ3v) is 5.71. The molecule has 0 amide bonds. The number of nitrogens with one attached hydrogen (secondary N) is 1. The van der Waals surface area contributed by atoms with Gasteiger partial charge in [0.25, 0.3) is 0 Å². The fourth-order valence-electron chi connectivity index (χ4n) is 3.26. The first kappa shape index (κ1) is 12.6. The molecule has 3 rings (SSSR count). The molecule has 1 fully saturated rings. The molecule has 0 aromatic heterocycles. The topological polar surface area (TPSA) is 12.0 Å². The molecule has 0 radical (unpaired) electrons. The van der Waals surface area contributed by atoms with Crippen LogP contribution >= 0.6 is 11.8 Å². The minimum Gasteiger partial charge on any atom is -0.314 e. The average molecular weight is 261 g/mol. The number of likely N-dealkylation sites (N-methyl/N-ethyl adjacent to an activating group) is 1.